The molecule has 0 fully saturated rings. The van der Waals surface area contributed by atoms with Crippen LogP contribution in [0.15, 0.2) is 11.6 Å². The zero-order valence-electron chi connectivity index (χ0n) is 7.36. The number of rotatable bonds is 5. The van der Waals surface area contributed by atoms with Gasteiger partial charge in [-0.2, -0.15) is 0 Å². The van der Waals surface area contributed by atoms with Crippen molar-refractivity contribution in [3.8, 4) is 0 Å². The van der Waals surface area contributed by atoms with Gasteiger partial charge in [-0.25, -0.2) is 0 Å². The number of carboxylic acid groups (broad SMARTS) is 2. The van der Waals surface area contributed by atoms with Crippen molar-refractivity contribution in [1.82, 2.24) is 0 Å². The maximum atomic E-state index is 10.5. The van der Waals surface area contributed by atoms with E-state index in [2.05, 4.69) is 0 Å². The standard InChI is InChI=1S/C8H13NO4/c1-5(4-9)2-6(8(12)13)3-7(10)11/h2,6H,3-4,9H2,1H3,(H,10,11)(H,12,13)/b5-2+. The van der Waals surface area contributed by atoms with Gasteiger partial charge in [-0.15, -0.1) is 0 Å². The number of hydrogen-bond donors (Lipinski definition) is 3. The van der Waals surface area contributed by atoms with E-state index < -0.39 is 24.3 Å². The van der Waals surface area contributed by atoms with Crippen LogP contribution in [0, 0.1) is 5.92 Å². The van der Waals surface area contributed by atoms with Crippen molar-refractivity contribution >= 4 is 11.9 Å². The van der Waals surface area contributed by atoms with Gasteiger partial charge in [0.05, 0.1) is 12.3 Å². The molecule has 0 heterocycles. The highest BCUT2D eigenvalue weighted by atomic mass is 16.4. The fraction of sp³-hybridized carbons (Fsp3) is 0.500. The van der Waals surface area contributed by atoms with Gasteiger partial charge in [0, 0.05) is 6.54 Å². The van der Waals surface area contributed by atoms with Crippen LogP contribution in [-0.4, -0.2) is 28.7 Å². The molecule has 13 heavy (non-hydrogen) atoms. The Morgan fingerprint density at radius 1 is 1.46 bits per heavy atom. The molecule has 0 aromatic carbocycles. The summed E-state index contributed by atoms with van der Waals surface area (Å²) in [5.41, 5.74) is 5.92. The lowest BCUT2D eigenvalue weighted by Gasteiger charge is -2.05. The summed E-state index contributed by atoms with van der Waals surface area (Å²) in [6.07, 6.45) is 0.961. The molecule has 0 radical (unpaired) electrons. The number of aliphatic carboxylic acids is 2. The third-order valence-electron chi connectivity index (χ3n) is 1.52. The highest BCUT2D eigenvalue weighted by Crippen LogP contribution is 2.08. The zero-order chi connectivity index (χ0) is 10.4. The third-order valence-corrected chi connectivity index (χ3v) is 1.52. The van der Waals surface area contributed by atoms with Crippen LogP contribution in [0.3, 0.4) is 0 Å². The molecule has 0 saturated heterocycles. The Morgan fingerprint density at radius 2 is 2.00 bits per heavy atom. The lowest BCUT2D eigenvalue weighted by molar-refractivity contribution is -0.146. The van der Waals surface area contributed by atoms with Crippen LogP contribution in [0.25, 0.3) is 0 Å². The summed E-state index contributed by atoms with van der Waals surface area (Å²) in [4.78, 5) is 20.8. The largest absolute Gasteiger partial charge is 0.481 e. The number of hydrogen-bond acceptors (Lipinski definition) is 3. The Hall–Kier alpha value is -1.36. The normalized spacial score (nSPS) is 13.8. The van der Waals surface area contributed by atoms with Crippen LogP contribution < -0.4 is 5.73 Å². The molecule has 0 aliphatic carbocycles. The lowest BCUT2D eigenvalue weighted by Crippen LogP contribution is -2.17. The Morgan fingerprint density at radius 3 is 2.31 bits per heavy atom. The van der Waals surface area contributed by atoms with Crippen molar-refractivity contribution in [2.24, 2.45) is 11.7 Å². The van der Waals surface area contributed by atoms with Gasteiger partial charge in [0.1, 0.15) is 0 Å². The van der Waals surface area contributed by atoms with Crippen molar-refractivity contribution < 1.29 is 19.8 Å². The van der Waals surface area contributed by atoms with Crippen LogP contribution in [0.1, 0.15) is 13.3 Å². The summed E-state index contributed by atoms with van der Waals surface area (Å²) >= 11 is 0. The molecule has 0 aliphatic rings. The number of carbonyl (C=O) groups is 2. The van der Waals surface area contributed by atoms with Gasteiger partial charge in [-0.1, -0.05) is 11.6 Å². The maximum Gasteiger partial charge on any atom is 0.310 e. The van der Waals surface area contributed by atoms with Crippen molar-refractivity contribution in [1.29, 1.82) is 0 Å². The fourth-order valence-electron chi connectivity index (χ4n) is 0.817. The SMILES string of the molecule is C/C(=C\C(CC(=O)O)C(=O)O)CN. The molecule has 5 nitrogen and oxygen atoms in total. The average Bonchev–Trinajstić information content (AvgIpc) is 2.02. The van der Waals surface area contributed by atoms with E-state index in [1.165, 1.54) is 6.08 Å². The minimum absolute atomic E-state index is 0.239. The van der Waals surface area contributed by atoms with Gasteiger partial charge in [0.25, 0.3) is 0 Å². The molecule has 4 N–H and O–H groups in total. The van der Waals surface area contributed by atoms with Crippen molar-refractivity contribution in [3.63, 3.8) is 0 Å². The van der Waals surface area contributed by atoms with Crippen molar-refractivity contribution in [2.75, 3.05) is 6.54 Å². The summed E-state index contributed by atoms with van der Waals surface area (Å²) in [6, 6.07) is 0. The minimum atomic E-state index is -1.14. The molecule has 0 aromatic heterocycles. The highest BCUT2D eigenvalue weighted by molar-refractivity contribution is 5.79. The van der Waals surface area contributed by atoms with Gasteiger partial charge in [-0.3, -0.25) is 9.59 Å². The maximum absolute atomic E-state index is 10.5. The molecular weight excluding hydrogens is 174 g/mol. The average molecular weight is 187 g/mol. The first-order valence-corrected chi connectivity index (χ1v) is 3.79. The van der Waals surface area contributed by atoms with E-state index in [1.54, 1.807) is 6.92 Å². The molecule has 5 heteroatoms. The Kier molecular flexibility index (Phi) is 4.76. The van der Waals surface area contributed by atoms with Crippen molar-refractivity contribution in [2.45, 2.75) is 13.3 Å². The molecule has 74 valence electrons. The first-order chi connectivity index (χ1) is 5.97. The summed E-state index contributed by atoms with van der Waals surface area (Å²) in [7, 11) is 0. The van der Waals surface area contributed by atoms with E-state index in [-0.39, 0.29) is 6.54 Å². The van der Waals surface area contributed by atoms with Crippen LogP contribution >= 0.6 is 0 Å². The highest BCUT2D eigenvalue weighted by Gasteiger charge is 2.18. The van der Waals surface area contributed by atoms with Gasteiger partial charge in [0.2, 0.25) is 0 Å². The molecular formula is C8H13NO4. The quantitative estimate of drug-likeness (QED) is 0.528. The van der Waals surface area contributed by atoms with E-state index in [1.807, 2.05) is 0 Å². The Bertz CT molecular complexity index is 234. The smallest absolute Gasteiger partial charge is 0.310 e. The number of carboxylic acids is 2. The van der Waals surface area contributed by atoms with Gasteiger partial charge in [0.15, 0.2) is 0 Å². The second-order valence-electron chi connectivity index (χ2n) is 2.76. The lowest BCUT2D eigenvalue weighted by atomic mass is 10.0. The zero-order valence-corrected chi connectivity index (χ0v) is 7.36. The van der Waals surface area contributed by atoms with Crippen LogP contribution in [-0.2, 0) is 9.59 Å². The van der Waals surface area contributed by atoms with Crippen LogP contribution in [0.4, 0.5) is 0 Å². The molecule has 0 saturated carbocycles. The molecule has 1 unspecified atom stereocenters. The van der Waals surface area contributed by atoms with Crippen molar-refractivity contribution in [3.05, 3.63) is 11.6 Å². The third kappa shape index (κ3) is 4.97. The fourth-order valence-corrected chi connectivity index (χ4v) is 0.817. The summed E-state index contributed by atoms with van der Waals surface area (Å²) in [6.45, 7) is 1.90. The predicted octanol–water partition coefficient (Wildman–Crippen LogP) is 0.0669. The molecule has 0 aliphatic heterocycles. The predicted molar refractivity (Wildman–Crippen MR) is 46.2 cm³/mol. The molecule has 0 spiro atoms. The van der Waals surface area contributed by atoms with E-state index in [0.717, 1.165) is 0 Å². The van der Waals surface area contributed by atoms with Gasteiger partial charge >= 0.3 is 11.9 Å². The summed E-state index contributed by atoms with van der Waals surface area (Å²) < 4.78 is 0. The molecule has 0 rings (SSSR count). The monoisotopic (exact) mass is 187 g/mol. The van der Waals surface area contributed by atoms with Gasteiger partial charge < -0.3 is 15.9 Å². The second-order valence-corrected chi connectivity index (χ2v) is 2.76. The van der Waals surface area contributed by atoms with Crippen LogP contribution in [0.2, 0.25) is 0 Å². The summed E-state index contributed by atoms with van der Waals surface area (Å²) in [5, 5.41) is 17.0. The summed E-state index contributed by atoms with van der Waals surface area (Å²) in [5.74, 6) is -3.26. The van der Waals surface area contributed by atoms with E-state index in [4.69, 9.17) is 15.9 Å². The van der Waals surface area contributed by atoms with E-state index in [0.29, 0.717) is 5.57 Å². The molecule has 0 bridgehead atoms. The van der Waals surface area contributed by atoms with Crippen LogP contribution in [0.5, 0.6) is 0 Å². The van der Waals surface area contributed by atoms with E-state index >= 15 is 0 Å². The number of nitrogens with two attached hydrogens (primary N) is 1. The molecule has 0 amide bonds. The Balaban J connectivity index is 4.43. The molecule has 1 atom stereocenters. The first-order valence-electron chi connectivity index (χ1n) is 3.79. The van der Waals surface area contributed by atoms with E-state index in [9.17, 15) is 9.59 Å². The Labute approximate surface area is 75.9 Å². The molecule has 0 aromatic rings. The first kappa shape index (κ1) is 11.6. The minimum Gasteiger partial charge on any atom is -0.481 e. The topological polar surface area (TPSA) is 101 Å². The van der Waals surface area contributed by atoms with Gasteiger partial charge in [-0.05, 0) is 6.92 Å². The second kappa shape index (κ2) is 5.31.